The van der Waals surface area contributed by atoms with Crippen LogP contribution in [0.25, 0.3) is 11.4 Å². The predicted octanol–water partition coefficient (Wildman–Crippen LogP) is 1.64. The monoisotopic (exact) mass is 247 g/mol. The van der Waals surface area contributed by atoms with Gasteiger partial charge in [0.1, 0.15) is 17.1 Å². The van der Waals surface area contributed by atoms with E-state index in [4.69, 9.17) is 10.5 Å². The third kappa shape index (κ3) is 2.19. The number of anilines is 1. The second-order valence-corrected chi connectivity index (χ2v) is 4.56. The van der Waals surface area contributed by atoms with Gasteiger partial charge in [-0.2, -0.15) is 0 Å². The first-order valence-corrected chi connectivity index (χ1v) is 5.65. The highest BCUT2D eigenvalue weighted by Gasteiger charge is 2.27. The average molecular weight is 247 g/mol. The summed E-state index contributed by atoms with van der Waals surface area (Å²) in [6, 6.07) is 1.78. The average Bonchev–Trinajstić information content (AvgIpc) is 2.72. The lowest BCUT2D eigenvalue weighted by atomic mass is 10.0. The fourth-order valence-corrected chi connectivity index (χ4v) is 1.72. The molecule has 0 aliphatic rings. The molecule has 0 fully saturated rings. The number of imidazole rings is 1. The summed E-state index contributed by atoms with van der Waals surface area (Å²) in [5.41, 5.74) is 7.43. The lowest BCUT2D eigenvalue weighted by Gasteiger charge is -2.22. The van der Waals surface area contributed by atoms with Crippen molar-refractivity contribution >= 4 is 5.95 Å². The number of nitrogen functional groups attached to an aromatic ring is 1. The summed E-state index contributed by atoms with van der Waals surface area (Å²) < 4.78 is 5.48. The van der Waals surface area contributed by atoms with Crippen molar-refractivity contribution in [2.45, 2.75) is 26.4 Å². The maximum atomic E-state index is 5.60. The van der Waals surface area contributed by atoms with Crippen LogP contribution in [-0.4, -0.2) is 27.0 Å². The molecule has 0 aromatic carbocycles. The van der Waals surface area contributed by atoms with E-state index in [0.29, 0.717) is 5.69 Å². The van der Waals surface area contributed by atoms with Crippen LogP contribution in [0.3, 0.4) is 0 Å². The molecule has 96 valence electrons. The number of nitrogens with two attached hydrogens (primary N) is 1. The lowest BCUT2D eigenvalue weighted by molar-refractivity contribution is 0.0163. The number of aryl methyl sites for hydroxylation is 1. The molecule has 2 aromatic rings. The molecule has 0 amide bonds. The molecule has 0 aliphatic carbocycles. The molecular weight excluding hydrogens is 230 g/mol. The Balaban J connectivity index is 2.58. The predicted molar refractivity (Wildman–Crippen MR) is 68.8 cm³/mol. The summed E-state index contributed by atoms with van der Waals surface area (Å²) in [6.45, 7) is 5.82. The molecule has 6 heteroatoms. The van der Waals surface area contributed by atoms with Crippen LogP contribution in [-0.2, 0) is 10.3 Å². The van der Waals surface area contributed by atoms with E-state index in [-0.39, 0.29) is 5.95 Å². The Labute approximate surface area is 106 Å². The zero-order valence-corrected chi connectivity index (χ0v) is 11.0. The molecule has 6 nitrogen and oxygen atoms in total. The van der Waals surface area contributed by atoms with Crippen LogP contribution >= 0.6 is 0 Å². The summed E-state index contributed by atoms with van der Waals surface area (Å²) in [5.74, 6) is 1.04. The van der Waals surface area contributed by atoms with Gasteiger partial charge < -0.3 is 15.5 Å². The number of methoxy groups -OCH3 is 1. The Bertz CT molecular complexity index is 561. The molecule has 2 heterocycles. The number of hydrogen-bond donors (Lipinski definition) is 2. The van der Waals surface area contributed by atoms with Gasteiger partial charge in [0.05, 0.1) is 11.4 Å². The van der Waals surface area contributed by atoms with Gasteiger partial charge in [-0.05, 0) is 26.8 Å². The van der Waals surface area contributed by atoms with Gasteiger partial charge in [-0.1, -0.05) is 0 Å². The van der Waals surface area contributed by atoms with Crippen LogP contribution in [0.5, 0.6) is 0 Å². The van der Waals surface area contributed by atoms with Gasteiger partial charge >= 0.3 is 0 Å². The fraction of sp³-hybridized carbons (Fsp3) is 0.417. The van der Waals surface area contributed by atoms with E-state index < -0.39 is 5.60 Å². The van der Waals surface area contributed by atoms with Crippen molar-refractivity contribution in [3.63, 3.8) is 0 Å². The number of aromatic amines is 1. The first kappa shape index (κ1) is 12.5. The number of hydrogen-bond acceptors (Lipinski definition) is 5. The summed E-state index contributed by atoms with van der Waals surface area (Å²) in [6.07, 6.45) is 1.62. The Morgan fingerprint density at radius 3 is 2.67 bits per heavy atom. The van der Waals surface area contributed by atoms with E-state index in [9.17, 15) is 0 Å². The first-order valence-electron chi connectivity index (χ1n) is 5.65. The van der Waals surface area contributed by atoms with Gasteiger partial charge in [0.2, 0.25) is 5.95 Å². The normalized spacial score (nSPS) is 11.8. The smallest absolute Gasteiger partial charge is 0.220 e. The van der Waals surface area contributed by atoms with Gasteiger partial charge in [0.25, 0.3) is 0 Å². The van der Waals surface area contributed by atoms with E-state index >= 15 is 0 Å². The first-order chi connectivity index (χ1) is 8.44. The fourth-order valence-electron chi connectivity index (χ4n) is 1.72. The molecule has 0 saturated carbocycles. The Morgan fingerprint density at radius 1 is 1.33 bits per heavy atom. The summed E-state index contributed by atoms with van der Waals surface area (Å²) >= 11 is 0. The molecule has 0 atom stereocenters. The Kier molecular flexibility index (Phi) is 3.04. The second kappa shape index (κ2) is 4.38. The van der Waals surface area contributed by atoms with Gasteiger partial charge in [-0.15, -0.1) is 0 Å². The van der Waals surface area contributed by atoms with E-state index in [0.717, 1.165) is 17.2 Å². The van der Waals surface area contributed by atoms with Crippen LogP contribution in [0.1, 0.15) is 25.4 Å². The number of ether oxygens (including phenoxy) is 1. The summed E-state index contributed by atoms with van der Waals surface area (Å²) in [4.78, 5) is 15.7. The second-order valence-electron chi connectivity index (χ2n) is 4.56. The summed E-state index contributed by atoms with van der Waals surface area (Å²) in [5, 5.41) is 0. The van der Waals surface area contributed by atoms with Crippen molar-refractivity contribution in [1.29, 1.82) is 0 Å². The van der Waals surface area contributed by atoms with Crippen molar-refractivity contribution in [3.8, 4) is 11.4 Å². The minimum absolute atomic E-state index is 0.231. The number of rotatable bonds is 3. The third-order valence-corrected chi connectivity index (χ3v) is 2.85. The van der Waals surface area contributed by atoms with Crippen molar-refractivity contribution < 1.29 is 4.74 Å². The van der Waals surface area contributed by atoms with Crippen LogP contribution in [0.2, 0.25) is 0 Å². The summed E-state index contributed by atoms with van der Waals surface area (Å²) in [7, 11) is 1.66. The van der Waals surface area contributed by atoms with Crippen LogP contribution in [0.15, 0.2) is 12.3 Å². The largest absolute Gasteiger partial charge is 0.373 e. The standard InChI is InChI=1S/C12H17N5O/c1-7-15-9(8-5-6-14-11(13)17-8)10(16-7)12(2,3)18-4/h5-6H,1-4H3,(H,15,16)(H2,13,14,17). The van der Waals surface area contributed by atoms with Crippen molar-refractivity contribution in [2.24, 2.45) is 0 Å². The molecule has 0 unspecified atom stereocenters. The maximum absolute atomic E-state index is 5.60. The van der Waals surface area contributed by atoms with Gasteiger partial charge in [0, 0.05) is 13.3 Å². The number of nitrogens with zero attached hydrogens (tertiary/aromatic N) is 3. The molecule has 0 bridgehead atoms. The number of aromatic nitrogens is 4. The van der Waals surface area contributed by atoms with Crippen molar-refractivity contribution in [3.05, 3.63) is 23.8 Å². The number of nitrogens with one attached hydrogen (secondary N) is 1. The van der Waals surface area contributed by atoms with Crippen molar-refractivity contribution in [1.82, 2.24) is 19.9 Å². The molecule has 0 spiro atoms. The molecular formula is C12H17N5O. The van der Waals surface area contributed by atoms with Crippen LogP contribution < -0.4 is 5.73 Å². The molecule has 0 radical (unpaired) electrons. The zero-order valence-electron chi connectivity index (χ0n) is 11.0. The molecule has 18 heavy (non-hydrogen) atoms. The zero-order chi connectivity index (χ0) is 13.3. The van der Waals surface area contributed by atoms with E-state index in [1.807, 2.05) is 20.8 Å². The SMILES string of the molecule is COC(C)(C)c1[nH]c(C)nc1-c1ccnc(N)n1. The van der Waals surface area contributed by atoms with Crippen LogP contribution in [0.4, 0.5) is 5.95 Å². The number of H-pyrrole nitrogens is 1. The minimum atomic E-state index is -0.476. The Hall–Kier alpha value is -1.95. The van der Waals surface area contributed by atoms with Gasteiger partial charge in [-0.25, -0.2) is 15.0 Å². The molecule has 0 aliphatic heterocycles. The highest BCUT2D eigenvalue weighted by atomic mass is 16.5. The van der Waals surface area contributed by atoms with Crippen LogP contribution in [0, 0.1) is 6.92 Å². The highest BCUT2D eigenvalue weighted by molar-refractivity contribution is 5.59. The van der Waals surface area contributed by atoms with E-state index in [2.05, 4.69) is 19.9 Å². The molecule has 2 rings (SSSR count). The topological polar surface area (TPSA) is 89.7 Å². The quantitative estimate of drug-likeness (QED) is 0.860. The lowest BCUT2D eigenvalue weighted by Crippen LogP contribution is -2.21. The van der Waals surface area contributed by atoms with E-state index in [1.54, 1.807) is 19.4 Å². The molecule has 0 saturated heterocycles. The molecule has 2 aromatic heterocycles. The highest BCUT2D eigenvalue weighted by Crippen LogP contribution is 2.30. The van der Waals surface area contributed by atoms with Gasteiger partial charge in [0.15, 0.2) is 0 Å². The molecule has 3 N–H and O–H groups in total. The Morgan fingerprint density at radius 2 is 2.06 bits per heavy atom. The van der Waals surface area contributed by atoms with Gasteiger partial charge in [-0.3, -0.25) is 0 Å². The minimum Gasteiger partial charge on any atom is -0.373 e. The van der Waals surface area contributed by atoms with Crippen molar-refractivity contribution in [2.75, 3.05) is 12.8 Å². The van der Waals surface area contributed by atoms with E-state index in [1.165, 1.54) is 0 Å². The third-order valence-electron chi connectivity index (χ3n) is 2.85. The maximum Gasteiger partial charge on any atom is 0.220 e.